The minimum Gasteiger partial charge on any atom is -0.369 e. The molecule has 0 aliphatic carbocycles. The first-order valence-corrected chi connectivity index (χ1v) is 8.71. The van der Waals surface area contributed by atoms with E-state index in [1.165, 1.54) is 11.3 Å². The predicted molar refractivity (Wildman–Crippen MR) is 96.6 cm³/mol. The molecule has 24 heavy (non-hydrogen) atoms. The number of amides is 1. The Morgan fingerprint density at radius 2 is 1.96 bits per heavy atom. The smallest absolute Gasteiger partial charge is 0.274 e. The molecule has 0 radical (unpaired) electrons. The molecule has 5 heteroatoms. The highest BCUT2D eigenvalue weighted by Gasteiger charge is 2.23. The van der Waals surface area contributed by atoms with Crippen LogP contribution in [0.2, 0.25) is 0 Å². The Morgan fingerprint density at radius 3 is 2.67 bits per heavy atom. The van der Waals surface area contributed by atoms with Gasteiger partial charge in [-0.05, 0) is 37.0 Å². The van der Waals surface area contributed by atoms with E-state index in [0.29, 0.717) is 11.6 Å². The number of carbonyl (C=O) groups is 1. The Morgan fingerprint density at radius 1 is 1.17 bits per heavy atom. The number of hydrogen-bond donors (Lipinski definition) is 1. The second-order valence-corrected chi connectivity index (χ2v) is 6.78. The summed E-state index contributed by atoms with van der Waals surface area (Å²) in [6, 6.07) is 10.3. The number of aromatic amines is 1. The standard InChI is InChI=1S/C19H26N4O/c1-14(2)16-13-17(21-20-16)19(24)23-10-6-9-22(11-12-23)18-8-5-4-7-15(18)3/h4-5,7-8,13-14H,6,9-12H2,1-3H3,(H,20,21). The molecule has 128 valence electrons. The number of para-hydroxylation sites is 1. The van der Waals surface area contributed by atoms with Crippen LogP contribution in [0, 0.1) is 6.92 Å². The third kappa shape index (κ3) is 3.45. The summed E-state index contributed by atoms with van der Waals surface area (Å²) in [5.74, 6) is 0.379. The van der Waals surface area contributed by atoms with E-state index in [4.69, 9.17) is 0 Å². The summed E-state index contributed by atoms with van der Waals surface area (Å²) in [6.45, 7) is 9.68. The van der Waals surface area contributed by atoms with Gasteiger partial charge in [0.15, 0.2) is 0 Å². The SMILES string of the molecule is Cc1ccccc1N1CCCN(C(=O)c2cc(C(C)C)[nH]n2)CC1. The second-order valence-electron chi connectivity index (χ2n) is 6.78. The molecule has 5 nitrogen and oxygen atoms in total. The summed E-state index contributed by atoms with van der Waals surface area (Å²) in [6.07, 6.45) is 0.974. The highest BCUT2D eigenvalue weighted by Crippen LogP contribution is 2.21. The molecule has 1 N–H and O–H groups in total. The third-order valence-corrected chi connectivity index (χ3v) is 4.68. The van der Waals surface area contributed by atoms with Crippen molar-refractivity contribution in [2.75, 3.05) is 31.1 Å². The molecule has 0 spiro atoms. The first kappa shape index (κ1) is 16.6. The van der Waals surface area contributed by atoms with Crippen LogP contribution in [0.5, 0.6) is 0 Å². The van der Waals surface area contributed by atoms with Crippen molar-refractivity contribution in [2.45, 2.75) is 33.1 Å². The summed E-state index contributed by atoms with van der Waals surface area (Å²) in [5, 5.41) is 7.18. The maximum Gasteiger partial charge on any atom is 0.274 e. The van der Waals surface area contributed by atoms with Crippen molar-refractivity contribution in [3.05, 3.63) is 47.3 Å². The fraction of sp³-hybridized carbons (Fsp3) is 0.474. The highest BCUT2D eigenvalue weighted by molar-refractivity contribution is 5.92. The van der Waals surface area contributed by atoms with Crippen molar-refractivity contribution in [2.24, 2.45) is 0 Å². The molecule has 1 aromatic carbocycles. The second kappa shape index (κ2) is 7.07. The largest absolute Gasteiger partial charge is 0.369 e. The number of nitrogens with one attached hydrogen (secondary N) is 1. The summed E-state index contributed by atoms with van der Waals surface area (Å²) >= 11 is 0. The van der Waals surface area contributed by atoms with E-state index in [2.05, 4.69) is 60.1 Å². The molecule has 3 rings (SSSR count). The van der Waals surface area contributed by atoms with Crippen molar-refractivity contribution < 1.29 is 4.79 Å². The number of benzene rings is 1. The quantitative estimate of drug-likeness (QED) is 0.942. The lowest BCUT2D eigenvalue weighted by Gasteiger charge is -2.25. The number of aryl methyl sites for hydroxylation is 1. The molecule has 1 saturated heterocycles. The molecule has 2 heterocycles. The van der Waals surface area contributed by atoms with Gasteiger partial charge in [0.25, 0.3) is 5.91 Å². The van der Waals surface area contributed by atoms with E-state index >= 15 is 0 Å². The van der Waals surface area contributed by atoms with Crippen LogP contribution in [0.25, 0.3) is 0 Å². The van der Waals surface area contributed by atoms with Crippen LogP contribution in [0.3, 0.4) is 0 Å². The van der Waals surface area contributed by atoms with Crippen molar-refractivity contribution in [3.8, 4) is 0 Å². The third-order valence-electron chi connectivity index (χ3n) is 4.68. The summed E-state index contributed by atoms with van der Waals surface area (Å²) < 4.78 is 0. The minimum atomic E-state index is 0.0322. The van der Waals surface area contributed by atoms with Gasteiger partial charge in [0, 0.05) is 37.6 Å². The molecule has 0 atom stereocenters. The van der Waals surface area contributed by atoms with Gasteiger partial charge in [0.05, 0.1) is 0 Å². The van der Waals surface area contributed by atoms with Gasteiger partial charge in [-0.3, -0.25) is 9.89 Å². The van der Waals surface area contributed by atoms with Crippen LogP contribution in [0.4, 0.5) is 5.69 Å². The van der Waals surface area contributed by atoms with Crippen LogP contribution in [-0.4, -0.2) is 47.2 Å². The maximum atomic E-state index is 12.7. The average Bonchev–Trinajstić information content (AvgIpc) is 2.94. The normalized spacial score (nSPS) is 15.7. The predicted octanol–water partition coefficient (Wildman–Crippen LogP) is 3.19. The van der Waals surface area contributed by atoms with Crippen LogP contribution in [-0.2, 0) is 0 Å². The van der Waals surface area contributed by atoms with Crippen molar-refractivity contribution in [1.29, 1.82) is 0 Å². The van der Waals surface area contributed by atoms with E-state index in [1.54, 1.807) is 0 Å². The Bertz CT molecular complexity index is 707. The first-order chi connectivity index (χ1) is 11.6. The topological polar surface area (TPSA) is 52.2 Å². The van der Waals surface area contributed by atoms with Crippen molar-refractivity contribution >= 4 is 11.6 Å². The molecule has 1 aromatic heterocycles. The van der Waals surface area contributed by atoms with Crippen LogP contribution in [0.1, 0.15) is 47.9 Å². The van der Waals surface area contributed by atoms with E-state index in [1.807, 2.05) is 11.0 Å². The molecule has 0 unspecified atom stereocenters. The number of rotatable bonds is 3. The van der Waals surface area contributed by atoms with Crippen LogP contribution >= 0.6 is 0 Å². The van der Waals surface area contributed by atoms with E-state index in [0.717, 1.165) is 38.3 Å². The lowest BCUT2D eigenvalue weighted by molar-refractivity contribution is 0.0761. The van der Waals surface area contributed by atoms with Gasteiger partial charge in [0.2, 0.25) is 0 Å². The van der Waals surface area contributed by atoms with Crippen molar-refractivity contribution in [1.82, 2.24) is 15.1 Å². The minimum absolute atomic E-state index is 0.0322. The lowest BCUT2D eigenvalue weighted by Crippen LogP contribution is -2.35. The Balaban J connectivity index is 1.68. The number of hydrogen-bond acceptors (Lipinski definition) is 3. The Hall–Kier alpha value is -2.30. The first-order valence-electron chi connectivity index (χ1n) is 8.71. The van der Waals surface area contributed by atoms with Gasteiger partial charge in [0.1, 0.15) is 5.69 Å². The molecule has 1 aliphatic heterocycles. The van der Waals surface area contributed by atoms with Crippen LogP contribution < -0.4 is 4.90 Å². The molecular weight excluding hydrogens is 300 g/mol. The van der Waals surface area contributed by atoms with E-state index in [-0.39, 0.29) is 5.91 Å². The maximum absolute atomic E-state index is 12.7. The van der Waals surface area contributed by atoms with Gasteiger partial charge in [-0.25, -0.2) is 0 Å². The fourth-order valence-corrected chi connectivity index (χ4v) is 3.18. The summed E-state index contributed by atoms with van der Waals surface area (Å²) in [4.78, 5) is 17.0. The molecule has 1 aliphatic rings. The number of aromatic nitrogens is 2. The molecule has 1 fully saturated rings. The fourth-order valence-electron chi connectivity index (χ4n) is 3.18. The number of H-pyrrole nitrogens is 1. The van der Waals surface area contributed by atoms with Gasteiger partial charge in [-0.2, -0.15) is 5.10 Å². The monoisotopic (exact) mass is 326 g/mol. The zero-order valence-corrected chi connectivity index (χ0v) is 14.7. The van der Waals surface area contributed by atoms with E-state index < -0.39 is 0 Å². The number of anilines is 1. The molecular formula is C19H26N4O. The summed E-state index contributed by atoms with van der Waals surface area (Å²) in [5.41, 5.74) is 4.09. The molecule has 1 amide bonds. The highest BCUT2D eigenvalue weighted by atomic mass is 16.2. The van der Waals surface area contributed by atoms with Gasteiger partial charge >= 0.3 is 0 Å². The van der Waals surface area contributed by atoms with Gasteiger partial charge in [-0.15, -0.1) is 0 Å². The van der Waals surface area contributed by atoms with Crippen molar-refractivity contribution in [3.63, 3.8) is 0 Å². The number of carbonyl (C=O) groups excluding carboxylic acids is 1. The molecule has 2 aromatic rings. The average molecular weight is 326 g/mol. The number of nitrogens with zero attached hydrogens (tertiary/aromatic N) is 3. The Kier molecular flexibility index (Phi) is 4.88. The Labute approximate surface area is 143 Å². The summed E-state index contributed by atoms with van der Waals surface area (Å²) in [7, 11) is 0. The van der Waals surface area contributed by atoms with E-state index in [9.17, 15) is 4.79 Å². The molecule has 0 bridgehead atoms. The zero-order valence-electron chi connectivity index (χ0n) is 14.7. The zero-order chi connectivity index (χ0) is 17.1. The molecule has 0 saturated carbocycles. The lowest BCUT2D eigenvalue weighted by atomic mass is 10.1. The van der Waals surface area contributed by atoms with Gasteiger partial charge < -0.3 is 9.80 Å². The van der Waals surface area contributed by atoms with Crippen LogP contribution in [0.15, 0.2) is 30.3 Å². The van der Waals surface area contributed by atoms with Gasteiger partial charge in [-0.1, -0.05) is 32.0 Å².